The van der Waals surface area contributed by atoms with Gasteiger partial charge < -0.3 is 21.1 Å². The zero-order chi connectivity index (χ0) is 10.7. The Morgan fingerprint density at radius 2 is 2.07 bits per heavy atom. The monoisotopic (exact) mass is 197 g/mol. The van der Waals surface area contributed by atoms with Crippen LogP contribution in [0.1, 0.15) is 24.1 Å². The van der Waals surface area contributed by atoms with Gasteiger partial charge in [-0.1, -0.05) is 12.1 Å². The van der Waals surface area contributed by atoms with Gasteiger partial charge in [0.15, 0.2) is 0 Å². The molecule has 0 bridgehead atoms. The molecule has 0 saturated carbocycles. The van der Waals surface area contributed by atoms with E-state index in [4.69, 9.17) is 10.8 Å². The van der Waals surface area contributed by atoms with Gasteiger partial charge in [-0.25, -0.2) is 0 Å². The molecule has 0 spiro atoms. The summed E-state index contributed by atoms with van der Waals surface area (Å²) in [6.45, 7) is 1.34. The summed E-state index contributed by atoms with van der Waals surface area (Å²) in [5, 5.41) is 27.9. The van der Waals surface area contributed by atoms with E-state index in [1.54, 1.807) is 12.1 Å². The van der Waals surface area contributed by atoms with E-state index in [-0.39, 0.29) is 12.4 Å². The zero-order valence-corrected chi connectivity index (χ0v) is 8.01. The molecule has 1 rings (SSSR count). The van der Waals surface area contributed by atoms with Gasteiger partial charge in [-0.15, -0.1) is 0 Å². The Morgan fingerprint density at radius 1 is 1.43 bits per heavy atom. The zero-order valence-electron chi connectivity index (χ0n) is 8.01. The summed E-state index contributed by atoms with van der Waals surface area (Å²) in [6, 6.07) is 4.09. The van der Waals surface area contributed by atoms with E-state index < -0.39 is 12.1 Å². The Bertz CT molecular complexity index is 312. The average Bonchev–Trinajstić information content (AvgIpc) is 2.16. The summed E-state index contributed by atoms with van der Waals surface area (Å²) in [5.41, 5.74) is 6.64. The third-order valence-corrected chi connectivity index (χ3v) is 2.20. The lowest BCUT2D eigenvalue weighted by atomic mass is 9.97. The molecule has 1 aromatic rings. The van der Waals surface area contributed by atoms with Crippen LogP contribution >= 0.6 is 0 Å². The van der Waals surface area contributed by atoms with Crippen molar-refractivity contribution in [3.05, 3.63) is 29.3 Å². The van der Waals surface area contributed by atoms with Crippen LogP contribution < -0.4 is 5.73 Å². The standard InChI is InChI=1S/C10H15NO3/c1-6(13)10(11)9-7(5-12)3-2-4-8(9)14/h2-4,6,10,12-14H,5,11H2,1H3/t6-,10-/m0/s1. The van der Waals surface area contributed by atoms with E-state index >= 15 is 0 Å². The number of rotatable bonds is 3. The number of benzene rings is 1. The minimum Gasteiger partial charge on any atom is -0.508 e. The Hall–Kier alpha value is -1.10. The second kappa shape index (κ2) is 4.41. The molecule has 2 atom stereocenters. The summed E-state index contributed by atoms with van der Waals surface area (Å²) in [5.74, 6) is 0.00458. The quantitative estimate of drug-likeness (QED) is 0.560. The van der Waals surface area contributed by atoms with Gasteiger partial charge in [0.25, 0.3) is 0 Å². The molecule has 0 aliphatic carbocycles. The van der Waals surface area contributed by atoms with Gasteiger partial charge in [0, 0.05) is 5.56 Å². The van der Waals surface area contributed by atoms with Gasteiger partial charge >= 0.3 is 0 Å². The van der Waals surface area contributed by atoms with Gasteiger partial charge in [-0.05, 0) is 18.6 Å². The first-order chi connectivity index (χ1) is 6.57. The van der Waals surface area contributed by atoms with Crippen molar-refractivity contribution in [2.75, 3.05) is 0 Å². The van der Waals surface area contributed by atoms with E-state index in [0.717, 1.165) is 0 Å². The normalized spacial score (nSPS) is 15.1. The smallest absolute Gasteiger partial charge is 0.120 e. The van der Waals surface area contributed by atoms with Crippen LogP contribution in [0.15, 0.2) is 18.2 Å². The molecule has 0 aromatic heterocycles. The van der Waals surface area contributed by atoms with Crippen LogP contribution in [0.25, 0.3) is 0 Å². The van der Waals surface area contributed by atoms with E-state index in [2.05, 4.69) is 0 Å². The lowest BCUT2D eigenvalue weighted by Gasteiger charge is -2.19. The van der Waals surface area contributed by atoms with Crippen LogP contribution in [0.4, 0.5) is 0 Å². The fourth-order valence-electron chi connectivity index (χ4n) is 1.36. The highest BCUT2D eigenvalue weighted by molar-refractivity contribution is 5.41. The maximum atomic E-state index is 9.54. The predicted octanol–water partition coefficient (Wildman–Crippen LogP) is 0.265. The number of aromatic hydroxyl groups is 1. The minimum absolute atomic E-state index is 0.00458. The molecule has 0 aliphatic rings. The van der Waals surface area contributed by atoms with Crippen LogP contribution in [0, 0.1) is 0 Å². The van der Waals surface area contributed by atoms with Crippen LogP contribution in [0.5, 0.6) is 5.75 Å². The molecule has 0 aliphatic heterocycles. The van der Waals surface area contributed by atoms with Gasteiger partial charge in [-0.2, -0.15) is 0 Å². The second-order valence-electron chi connectivity index (χ2n) is 3.27. The van der Waals surface area contributed by atoms with Crippen LogP contribution in [-0.4, -0.2) is 21.4 Å². The van der Waals surface area contributed by atoms with E-state index in [0.29, 0.717) is 11.1 Å². The van der Waals surface area contributed by atoms with Gasteiger partial charge in [-0.3, -0.25) is 0 Å². The highest BCUT2D eigenvalue weighted by atomic mass is 16.3. The minimum atomic E-state index is -0.770. The molecule has 0 heterocycles. The third kappa shape index (κ3) is 2.04. The van der Waals surface area contributed by atoms with E-state index in [9.17, 15) is 10.2 Å². The average molecular weight is 197 g/mol. The van der Waals surface area contributed by atoms with E-state index in [1.165, 1.54) is 13.0 Å². The number of hydrogen-bond donors (Lipinski definition) is 4. The fourth-order valence-corrected chi connectivity index (χ4v) is 1.36. The van der Waals surface area contributed by atoms with Gasteiger partial charge in [0.1, 0.15) is 5.75 Å². The first-order valence-electron chi connectivity index (χ1n) is 4.43. The van der Waals surface area contributed by atoms with Crippen molar-refractivity contribution in [2.24, 2.45) is 5.73 Å². The van der Waals surface area contributed by atoms with Crippen LogP contribution in [0.3, 0.4) is 0 Å². The number of hydrogen-bond acceptors (Lipinski definition) is 4. The van der Waals surface area contributed by atoms with Crippen molar-refractivity contribution in [3.63, 3.8) is 0 Å². The molecule has 4 nitrogen and oxygen atoms in total. The Labute approximate surface area is 82.6 Å². The fraction of sp³-hybridized carbons (Fsp3) is 0.400. The van der Waals surface area contributed by atoms with Crippen molar-refractivity contribution >= 4 is 0 Å². The molecule has 0 saturated heterocycles. The van der Waals surface area contributed by atoms with Crippen molar-refractivity contribution < 1.29 is 15.3 Å². The number of aliphatic hydroxyl groups is 2. The molecule has 0 radical (unpaired) electrons. The molecule has 0 amide bonds. The molecule has 0 unspecified atom stereocenters. The Morgan fingerprint density at radius 3 is 2.57 bits per heavy atom. The molecule has 78 valence electrons. The van der Waals surface area contributed by atoms with Crippen LogP contribution in [-0.2, 0) is 6.61 Å². The Kier molecular flexibility index (Phi) is 3.46. The largest absolute Gasteiger partial charge is 0.508 e. The SMILES string of the molecule is C[C@H](O)[C@H](N)c1c(O)cccc1CO. The third-order valence-electron chi connectivity index (χ3n) is 2.20. The maximum absolute atomic E-state index is 9.54. The first kappa shape index (κ1) is 11.0. The molecule has 4 heteroatoms. The highest BCUT2D eigenvalue weighted by Crippen LogP contribution is 2.28. The molecule has 1 aromatic carbocycles. The topological polar surface area (TPSA) is 86.7 Å². The number of aliphatic hydroxyl groups excluding tert-OH is 2. The summed E-state index contributed by atoms with van der Waals surface area (Å²) >= 11 is 0. The van der Waals surface area contributed by atoms with Crippen molar-refractivity contribution in [3.8, 4) is 5.75 Å². The Balaban J connectivity index is 3.16. The second-order valence-corrected chi connectivity index (χ2v) is 3.27. The van der Waals surface area contributed by atoms with Crippen molar-refractivity contribution in [1.82, 2.24) is 0 Å². The lowest BCUT2D eigenvalue weighted by Crippen LogP contribution is -2.24. The van der Waals surface area contributed by atoms with Gasteiger partial charge in [0.2, 0.25) is 0 Å². The maximum Gasteiger partial charge on any atom is 0.120 e. The number of phenols is 1. The molecule has 14 heavy (non-hydrogen) atoms. The predicted molar refractivity (Wildman–Crippen MR) is 52.6 cm³/mol. The van der Waals surface area contributed by atoms with Crippen molar-refractivity contribution in [2.45, 2.75) is 25.7 Å². The van der Waals surface area contributed by atoms with Crippen molar-refractivity contribution in [1.29, 1.82) is 0 Å². The highest BCUT2D eigenvalue weighted by Gasteiger charge is 2.18. The summed E-state index contributed by atoms with van der Waals surface area (Å²) in [6.07, 6.45) is -0.770. The molecular formula is C10H15NO3. The van der Waals surface area contributed by atoms with Crippen LogP contribution in [0.2, 0.25) is 0 Å². The number of phenolic OH excluding ortho intramolecular Hbond substituents is 1. The molecule has 0 fully saturated rings. The summed E-state index contributed by atoms with van der Waals surface area (Å²) < 4.78 is 0. The number of nitrogens with two attached hydrogens (primary N) is 1. The van der Waals surface area contributed by atoms with Gasteiger partial charge in [0.05, 0.1) is 18.8 Å². The lowest BCUT2D eigenvalue weighted by molar-refractivity contribution is 0.161. The summed E-state index contributed by atoms with van der Waals surface area (Å²) in [7, 11) is 0. The first-order valence-corrected chi connectivity index (χ1v) is 4.43. The molecular weight excluding hydrogens is 182 g/mol. The molecule has 5 N–H and O–H groups in total. The summed E-state index contributed by atoms with van der Waals surface area (Å²) in [4.78, 5) is 0. The van der Waals surface area contributed by atoms with E-state index in [1.807, 2.05) is 0 Å².